The number of nitrogen functional groups attached to an aromatic ring is 1. The first kappa shape index (κ1) is 16.2. The number of carbonyl (C=O) groups is 1. The number of amides is 1. The zero-order valence-corrected chi connectivity index (χ0v) is 11.8. The summed E-state index contributed by atoms with van der Waals surface area (Å²) in [6.07, 6.45) is 0.441. The number of nitrogens with one attached hydrogen (secondary N) is 1. The minimum absolute atomic E-state index is 0.187. The normalized spacial score (nSPS) is 10.6. The van der Waals surface area contributed by atoms with Crippen LogP contribution in [0.5, 0.6) is 0 Å². The zero-order valence-electron chi connectivity index (χ0n) is 11.8. The van der Waals surface area contributed by atoms with E-state index in [2.05, 4.69) is 11.0 Å². The molecule has 1 heterocycles. The molecule has 1 aromatic heterocycles. The van der Waals surface area contributed by atoms with Gasteiger partial charge in [0.2, 0.25) is 0 Å². The summed E-state index contributed by atoms with van der Waals surface area (Å²) in [6, 6.07) is 3.79. The molecule has 0 aromatic carbocycles. The van der Waals surface area contributed by atoms with Crippen LogP contribution in [0.25, 0.3) is 0 Å². The molecule has 3 N–H and O–H groups in total. The monoisotopic (exact) mass is 280 g/mol. The Balaban J connectivity index is 2.74. The summed E-state index contributed by atoms with van der Waals surface area (Å²) < 4.78 is 10.4. The minimum Gasteiger partial charge on any atom is -0.456 e. The Morgan fingerprint density at radius 2 is 2.35 bits per heavy atom. The highest BCUT2D eigenvalue weighted by molar-refractivity contribution is 5.91. The van der Waals surface area contributed by atoms with E-state index in [-0.39, 0.29) is 5.76 Å². The highest BCUT2D eigenvalue weighted by atomic mass is 16.5. The van der Waals surface area contributed by atoms with Gasteiger partial charge in [-0.25, -0.2) is 5.84 Å². The van der Waals surface area contributed by atoms with Crippen LogP contribution < -0.4 is 11.3 Å². The number of aryl methyl sites for hydroxylation is 1. The molecule has 0 radical (unpaired) electrons. The molecule has 1 rings (SSSR count). The van der Waals surface area contributed by atoms with Gasteiger partial charge >= 0.3 is 5.91 Å². The number of methoxy groups -OCH3 is 1. The van der Waals surface area contributed by atoms with Crippen LogP contribution in [0.4, 0.5) is 0 Å². The lowest BCUT2D eigenvalue weighted by atomic mass is 10.2. The summed E-state index contributed by atoms with van der Waals surface area (Å²) in [6.45, 7) is 4.32. The first-order chi connectivity index (χ1) is 9.62. The van der Waals surface area contributed by atoms with Gasteiger partial charge in [-0.15, -0.1) is 0 Å². The molecule has 7 heteroatoms. The lowest BCUT2D eigenvalue weighted by Gasteiger charge is -2.20. The van der Waals surface area contributed by atoms with Crippen molar-refractivity contribution >= 4 is 5.91 Å². The third-order valence-corrected chi connectivity index (χ3v) is 2.92. The van der Waals surface area contributed by atoms with Crippen LogP contribution in [0.1, 0.15) is 28.3 Å². The van der Waals surface area contributed by atoms with E-state index in [1.165, 1.54) is 0 Å². The number of nitriles is 1. The lowest BCUT2D eigenvalue weighted by Crippen LogP contribution is -2.29. The van der Waals surface area contributed by atoms with Crippen molar-refractivity contribution in [2.45, 2.75) is 19.9 Å². The molecule has 0 spiro atoms. The fourth-order valence-corrected chi connectivity index (χ4v) is 1.80. The predicted octanol–water partition coefficient (Wildman–Crippen LogP) is 0.554. The largest absolute Gasteiger partial charge is 0.456 e. The van der Waals surface area contributed by atoms with Gasteiger partial charge in [0.25, 0.3) is 0 Å². The van der Waals surface area contributed by atoms with Gasteiger partial charge in [-0.05, 0) is 13.0 Å². The molecule has 1 amide bonds. The molecule has 0 atom stereocenters. The van der Waals surface area contributed by atoms with Crippen LogP contribution in [0, 0.1) is 18.3 Å². The average molecular weight is 280 g/mol. The number of nitrogens with zero attached hydrogens (tertiary/aromatic N) is 2. The number of hydrogen-bond acceptors (Lipinski definition) is 6. The molecule has 0 saturated carbocycles. The van der Waals surface area contributed by atoms with Gasteiger partial charge < -0.3 is 9.15 Å². The van der Waals surface area contributed by atoms with Gasteiger partial charge in [0.15, 0.2) is 5.76 Å². The number of carbonyl (C=O) groups excluding carboxylic acids is 1. The van der Waals surface area contributed by atoms with Crippen molar-refractivity contribution in [1.82, 2.24) is 10.3 Å². The molecule has 0 aliphatic rings. The quantitative estimate of drug-likeness (QED) is 0.409. The highest BCUT2D eigenvalue weighted by Gasteiger charge is 2.15. The van der Waals surface area contributed by atoms with Crippen LogP contribution in [-0.4, -0.2) is 37.6 Å². The predicted molar refractivity (Wildman–Crippen MR) is 72.5 cm³/mol. The molecule has 0 unspecified atom stereocenters. The smallest absolute Gasteiger partial charge is 0.300 e. The van der Waals surface area contributed by atoms with Gasteiger partial charge in [0.05, 0.1) is 12.7 Å². The van der Waals surface area contributed by atoms with Crippen LogP contribution in [0.3, 0.4) is 0 Å². The van der Waals surface area contributed by atoms with Crippen LogP contribution in [-0.2, 0) is 11.3 Å². The fourth-order valence-electron chi connectivity index (χ4n) is 1.80. The third kappa shape index (κ3) is 4.66. The fraction of sp³-hybridized carbons (Fsp3) is 0.538. The summed E-state index contributed by atoms with van der Waals surface area (Å²) in [4.78, 5) is 13.5. The lowest BCUT2D eigenvalue weighted by molar-refractivity contribution is 0.0924. The van der Waals surface area contributed by atoms with Crippen molar-refractivity contribution in [3.8, 4) is 6.07 Å². The summed E-state index contributed by atoms with van der Waals surface area (Å²) in [5, 5.41) is 8.68. The Bertz CT molecular complexity index is 478. The topological polar surface area (TPSA) is 105 Å². The Hall–Kier alpha value is -1.88. The molecule has 0 bridgehead atoms. The van der Waals surface area contributed by atoms with Crippen LogP contribution in [0.15, 0.2) is 10.5 Å². The number of rotatable bonds is 8. The van der Waals surface area contributed by atoms with Crippen LogP contribution in [0.2, 0.25) is 0 Å². The molecule has 7 nitrogen and oxygen atoms in total. The summed E-state index contributed by atoms with van der Waals surface area (Å²) >= 11 is 0. The maximum atomic E-state index is 11.4. The van der Waals surface area contributed by atoms with E-state index in [4.69, 9.17) is 20.3 Å². The maximum absolute atomic E-state index is 11.4. The Labute approximate surface area is 118 Å². The minimum atomic E-state index is -0.459. The number of furan rings is 1. The van der Waals surface area contributed by atoms with E-state index in [1.807, 2.05) is 5.43 Å². The second kappa shape index (κ2) is 8.32. The average Bonchev–Trinajstić information content (AvgIpc) is 2.82. The van der Waals surface area contributed by atoms with Crippen molar-refractivity contribution in [2.24, 2.45) is 5.84 Å². The first-order valence-corrected chi connectivity index (χ1v) is 6.30. The number of ether oxygens (including phenoxy) is 1. The van der Waals surface area contributed by atoms with Crippen LogP contribution >= 0.6 is 0 Å². The summed E-state index contributed by atoms with van der Waals surface area (Å²) in [5.41, 5.74) is 2.93. The zero-order chi connectivity index (χ0) is 15.0. The summed E-state index contributed by atoms with van der Waals surface area (Å²) in [7, 11) is 1.63. The maximum Gasteiger partial charge on any atom is 0.300 e. The molecule has 20 heavy (non-hydrogen) atoms. The van der Waals surface area contributed by atoms with Crippen molar-refractivity contribution in [1.29, 1.82) is 5.26 Å². The van der Waals surface area contributed by atoms with E-state index < -0.39 is 5.91 Å². The second-order valence-electron chi connectivity index (χ2n) is 4.34. The molecular weight excluding hydrogens is 260 g/mol. The molecule has 0 aliphatic heterocycles. The molecule has 0 aliphatic carbocycles. The number of hydrazine groups is 1. The Morgan fingerprint density at radius 1 is 1.60 bits per heavy atom. The van der Waals surface area contributed by atoms with E-state index >= 15 is 0 Å². The first-order valence-electron chi connectivity index (χ1n) is 6.30. The second-order valence-corrected chi connectivity index (χ2v) is 4.34. The van der Waals surface area contributed by atoms with Crippen molar-refractivity contribution < 1.29 is 13.9 Å². The van der Waals surface area contributed by atoms with Crippen molar-refractivity contribution in [3.63, 3.8) is 0 Å². The van der Waals surface area contributed by atoms with Crippen molar-refractivity contribution in [2.75, 3.05) is 26.8 Å². The van der Waals surface area contributed by atoms with Gasteiger partial charge in [0, 0.05) is 38.7 Å². The van der Waals surface area contributed by atoms with Crippen molar-refractivity contribution in [3.05, 3.63) is 23.2 Å². The molecule has 0 saturated heterocycles. The van der Waals surface area contributed by atoms with Gasteiger partial charge in [0.1, 0.15) is 5.76 Å². The van der Waals surface area contributed by atoms with Gasteiger partial charge in [-0.1, -0.05) is 0 Å². The van der Waals surface area contributed by atoms with E-state index in [0.29, 0.717) is 38.4 Å². The van der Waals surface area contributed by atoms with E-state index in [9.17, 15) is 4.79 Å². The highest BCUT2D eigenvalue weighted by Crippen LogP contribution is 2.16. The molecule has 0 fully saturated rings. The van der Waals surface area contributed by atoms with E-state index in [1.54, 1.807) is 20.1 Å². The standard InChI is InChI=1S/C13H20N4O3/c1-10-11(8-12(20-10)13(18)16-15)9-17(5-3-4-14)6-7-19-2/h8H,3,5-7,9,15H2,1-2H3,(H,16,18). The van der Waals surface area contributed by atoms with Gasteiger partial charge in [-0.3, -0.25) is 15.1 Å². The number of nitrogens with two attached hydrogens (primary N) is 1. The SMILES string of the molecule is COCCN(CCC#N)Cc1cc(C(=O)NN)oc1C. The number of hydrogen-bond donors (Lipinski definition) is 2. The molecular formula is C13H20N4O3. The molecule has 110 valence electrons. The summed E-state index contributed by atoms with van der Waals surface area (Å²) in [5.74, 6) is 5.47. The molecule has 1 aromatic rings. The Morgan fingerprint density at radius 3 is 2.95 bits per heavy atom. The van der Waals surface area contributed by atoms with E-state index in [0.717, 1.165) is 5.56 Å². The van der Waals surface area contributed by atoms with Gasteiger partial charge in [-0.2, -0.15) is 5.26 Å². The third-order valence-electron chi connectivity index (χ3n) is 2.92. The Kier molecular flexibility index (Phi) is 6.73.